The maximum atomic E-state index is 4.96. The molecule has 21 heavy (non-hydrogen) atoms. The lowest BCUT2D eigenvalue weighted by molar-refractivity contribution is 0.651. The summed E-state index contributed by atoms with van der Waals surface area (Å²) in [5.74, 6) is 2.17. The van der Waals surface area contributed by atoms with E-state index in [1.54, 1.807) is 11.3 Å². The van der Waals surface area contributed by atoms with E-state index in [1.807, 2.05) is 0 Å². The van der Waals surface area contributed by atoms with Gasteiger partial charge in [0.2, 0.25) is 0 Å². The van der Waals surface area contributed by atoms with Gasteiger partial charge in [-0.2, -0.15) is 0 Å². The fourth-order valence-electron chi connectivity index (χ4n) is 2.97. The lowest BCUT2D eigenvalue weighted by atomic mass is 10.3. The Hall–Kier alpha value is -1.07. The molecule has 2 saturated carbocycles. The average molecular weight is 304 g/mol. The van der Waals surface area contributed by atoms with Gasteiger partial charge in [-0.1, -0.05) is 6.92 Å². The minimum atomic E-state index is 0.750. The van der Waals surface area contributed by atoms with Crippen molar-refractivity contribution in [3.8, 4) is 0 Å². The number of thiazole rings is 1. The van der Waals surface area contributed by atoms with Crippen LogP contribution in [0.4, 0.5) is 5.82 Å². The third kappa shape index (κ3) is 2.81. The first-order valence-corrected chi connectivity index (χ1v) is 9.16. The van der Waals surface area contributed by atoms with Gasteiger partial charge in [0.1, 0.15) is 0 Å². The van der Waals surface area contributed by atoms with E-state index < -0.39 is 0 Å². The van der Waals surface area contributed by atoms with E-state index in [0.29, 0.717) is 0 Å². The van der Waals surface area contributed by atoms with Gasteiger partial charge in [-0.05, 0) is 44.6 Å². The van der Waals surface area contributed by atoms with Gasteiger partial charge in [0.25, 0.3) is 0 Å². The van der Waals surface area contributed by atoms with E-state index in [9.17, 15) is 0 Å². The molecule has 5 heteroatoms. The van der Waals surface area contributed by atoms with Crippen molar-refractivity contribution in [1.82, 2.24) is 14.7 Å². The number of anilines is 1. The maximum absolute atomic E-state index is 4.96. The number of aromatic nitrogens is 2. The number of fused-ring (bicyclic) bond motifs is 1. The number of imidazole rings is 1. The summed E-state index contributed by atoms with van der Waals surface area (Å²) in [5, 5.41) is 5.70. The zero-order valence-electron chi connectivity index (χ0n) is 12.7. The number of rotatable bonds is 8. The van der Waals surface area contributed by atoms with Crippen molar-refractivity contribution in [2.45, 2.75) is 51.6 Å². The van der Waals surface area contributed by atoms with Crippen molar-refractivity contribution < 1.29 is 0 Å². The molecule has 0 unspecified atom stereocenters. The Morgan fingerprint density at radius 3 is 2.95 bits per heavy atom. The summed E-state index contributed by atoms with van der Waals surface area (Å²) in [6.07, 6.45) is 8.86. The molecular formula is C16H24N4S. The van der Waals surface area contributed by atoms with E-state index in [4.69, 9.17) is 4.98 Å². The average Bonchev–Trinajstić information content (AvgIpc) is 3.38. The van der Waals surface area contributed by atoms with Gasteiger partial charge >= 0.3 is 0 Å². The molecule has 0 aromatic carbocycles. The normalized spacial score (nSPS) is 18.5. The fraction of sp³-hybridized carbons (Fsp3) is 0.688. The van der Waals surface area contributed by atoms with Crippen molar-refractivity contribution in [3.05, 3.63) is 17.3 Å². The molecule has 2 aliphatic rings. The van der Waals surface area contributed by atoms with Gasteiger partial charge in [0.05, 0.1) is 5.69 Å². The molecule has 2 aromatic rings. The standard InChI is InChI=1S/C16H24N4S/c1-2-7-17-10-14-15(18-16-19(14)8-9-21-16)20(13-5-6-13)11-12-3-4-12/h8-9,12-13,17H,2-7,10-11H2,1H3. The van der Waals surface area contributed by atoms with Crippen LogP contribution < -0.4 is 10.2 Å². The molecule has 4 nitrogen and oxygen atoms in total. The second-order valence-corrected chi connectivity index (χ2v) is 7.31. The third-order valence-electron chi connectivity index (χ3n) is 4.47. The molecule has 2 fully saturated rings. The fourth-order valence-corrected chi connectivity index (χ4v) is 3.70. The highest BCUT2D eigenvalue weighted by Crippen LogP contribution is 2.39. The van der Waals surface area contributed by atoms with Crippen LogP contribution in [0.15, 0.2) is 11.6 Å². The van der Waals surface area contributed by atoms with Crippen LogP contribution in [0.25, 0.3) is 4.96 Å². The predicted molar refractivity (Wildman–Crippen MR) is 88.2 cm³/mol. The van der Waals surface area contributed by atoms with E-state index in [0.717, 1.165) is 30.0 Å². The molecule has 0 bridgehead atoms. The molecule has 0 atom stereocenters. The quantitative estimate of drug-likeness (QED) is 0.760. The summed E-state index contributed by atoms with van der Waals surface area (Å²) >= 11 is 1.74. The van der Waals surface area contributed by atoms with Crippen LogP contribution in [-0.2, 0) is 6.54 Å². The smallest absolute Gasteiger partial charge is 0.195 e. The van der Waals surface area contributed by atoms with Gasteiger partial charge in [0.15, 0.2) is 10.8 Å². The van der Waals surface area contributed by atoms with E-state index in [-0.39, 0.29) is 0 Å². The van der Waals surface area contributed by atoms with Crippen molar-refractivity contribution in [1.29, 1.82) is 0 Å². The van der Waals surface area contributed by atoms with Crippen molar-refractivity contribution in [3.63, 3.8) is 0 Å². The largest absolute Gasteiger partial charge is 0.352 e. The molecule has 2 aliphatic carbocycles. The molecule has 0 saturated heterocycles. The Balaban J connectivity index is 1.64. The molecular weight excluding hydrogens is 280 g/mol. The summed E-state index contributed by atoms with van der Waals surface area (Å²) < 4.78 is 2.28. The Labute approximate surface area is 130 Å². The highest BCUT2D eigenvalue weighted by molar-refractivity contribution is 7.15. The third-order valence-corrected chi connectivity index (χ3v) is 5.23. The SMILES string of the molecule is CCCNCc1c(N(CC2CC2)C2CC2)nc2sccn12. The summed E-state index contributed by atoms with van der Waals surface area (Å²) in [4.78, 5) is 8.71. The summed E-state index contributed by atoms with van der Waals surface area (Å²) in [6.45, 7) is 5.43. The highest BCUT2D eigenvalue weighted by Gasteiger charge is 2.36. The lowest BCUT2D eigenvalue weighted by Crippen LogP contribution is -2.30. The molecule has 0 spiro atoms. The summed E-state index contributed by atoms with van der Waals surface area (Å²) in [6, 6.07) is 0.750. The molecule has 2 aromatic heterocycles. The predicted octanol–water partition coefficient (Wildman–Crippen LogP) is 3.27. The van der Waals surface area contributed by atoms with Crippen molar-refractivity contribution in [2.75, 3.05) is 18.0 Å². The van der Waals surface area contributed by atoms with Gasteiger partial charge < -0.3 is 10.2 Å². The van der Waals surface area contributed by atoms with Crippen molar-refractivity contribution >= 4 is 22.1 Å². The lowest BCUT2D eigenvalue weighted by Gasteiger charge is -2.23. The summed E-state index contributed by atoms with van der Waals surface area (Å²) in [5.41, 5.74) is 1.35. The summed E-state index contributed by atoms with van der Waals surface area (Å²) in [7, 11) is 0. The van der Waals surface area contributed by atoms with Crippen LogP contribution in [-0.4, -0.2) is 28.5 Å². The zero-order valence-corrected chi connectivity index (χ0v) is 13.5. The van der Waals surface area contributed by atoms with Crippen LogP contribution >= 0.6 is 11.3 Å². The first-order chi connectivity index (χ1) is 10.4. The van der Waals surface area contributed by atoms with Gasteiger partial charge in [-0.3, -0.25) is 4.40 Å². The van der Waals surface area contributed by atoms with Crippen LogP contribution in [0.5, 0.6) is 0 Å². The number of hydrogen-bond donors (Lipinski definition) is 1. The van der Waals surface area contributed by atoms with Gasteiger partial charge in [-0.25, -0.2) is 4.98 Å². The van der Waals surface area contributed by atoms with Crippen LogP contribution in [0.3, 0.4) is 0 Å². The minimum Gasteiger partial charge on any atom is -0.352 e. The first-order valence-electron chi connectivity index (χ1n) is 8.28. The minimum absolute atomic E-state index is 0.750. The first kappa shape index (κ1) is 13.6. The van der Waals surface area contributed by atoms with E-state index >= 15 is 0 Å². The van der Waals surface area contributed by atoms with Crippen LogP contribution in [0, 0.1) is 5.92 Å². The topological polar surface area (TPSA) is 32.6 Å². The van der Waals surface area contributed by atoms with Crippen LogP contribution in [0.2, 0.25) is 0 Å². The number of nitrogens with one attached hydrogen (secondary N) is 1. The second-order valence-electron chi connectivity index (χ2n) is 6.44. The highest BCUT2D eigenvalue weighted by atomic mass is 32.1. The van der Waals surface area contributed by atoms with Crippen LogP contribution in [0.1, 0.15) is 44.7 Å². The molecule has 0 aliphatic heterocycles. The molecule has 1 N–H and O–H groups in total. The molecule has 0 amide bonds. The van der Waals surface area contributed by atoms with Crippen molar-refractivity contribution in [2.24, 2.45) is 5.92 Å². The zero-order chi connectivity index (χ0) is 14.2. The second kappa shape index (κ2) is 5.61. The Bertz CT molecular complexity index is 609. The number of nitrogens with zero attached hydrogens (tertiary/aromatic N) is 3. The molecule has 4 rings (SSSR count). The van der Waals surface area contributed by atoms with Gasteiger partial charge in [-0.15, -0.1) is 11.3 Å². The Morgan fingerprint density at radius 1 is 1.38 bits per heavy atom. The van der Waals surface area contributed by atoms with E-state index in [1.165, 1.54) is 50.2 Å². The van der Waals surface area contributed by atoms with E-state index in [2.05, 4.69) is 33.1 Å². The monoisotopic (exact) mass is 304 g/mol. The molecule has 114 valence electrons. The maximum Gasteiger partial charge on any atom is 0.195 e. The Kier molecular flexibility index (Phi) is 3.63. The number of hydrogen-bond acceptors (Lipinski definition) is 4. The molecule has 2 heterocycles. The molecule has 0 radical (unpaired) electrons. The van der Waals surface area contributed by atoms with Gasteiger partial charge in [0, 0.05) is 30.7 Å². The Morgan fingerprint density at radius 2 is 2.24 bits per heavy atom.